The Labute approximate surface area is 363 Å². The lowest BCUT2D eigenvalue weighted by Gasteiger charge is -2.31. The number of nitrogens with zero attached hydrogens (tertiary/aromatic N) is 1. The highest BCUT2D eigenvalue weighted by Gasteiger charge is 2.51. The molecule has 62 heavy (non-hydrogen) atoms. The second-order valence-corrected chi connectivity index (χ2v) is 16.4. The van der Waals surface area contributed by atoms with E-state index >= 15 is 0 Å². The Hall–Kier alpha value is -8.00. The fourth-order valence-electron chi connectivity index (χ4n) is 10.4. The van der Waals surface area contributed by atoms with E-state index in [-0.39, 0.29) is 0 Å². The molecule has 10 aromatic carbocycles. The maximum Gasteiger partial charge on any atom is 0.0725 e. The van der Waals surface area contributed by atoms with Gasteiger partial charge in [-0.15, -0.1) is 0 Å². The van der Waals surface area contributed by atoms with Crippen molar-refractivity contribution in [1.29, 1.82) is 0 Å². The highest BCUT2D eigenvalue weighted by molar-refractivity contribution is 5.97. The van der Waals surface area contributed by atoms with Crippen LogP contribution in [-0.4, -0.2) is 0 Å². The van der Waals surface area contributed by atoms with Crippen LogP contribution < -0.4 is 4.90 Å². The molecular formula is C61H41N. The van der Waals surface area contributed by atoms with Crippen molar-refractivity contribution < 1.29 is 0 Å². The van der Waals surface area contributed by atoms with Crippen LogP contribution in [0.25, 0.3) is 66.8 Å². The molecule has 2 aliphatic carbocycles. The Morgan fingerprint density at radius 3 is 1.05 bits per heavy atom. The summed E-state index contributed by atoms with van der Waals surface area (Å²) in [5.74, 6) is 0. The van der Waals surface area contributed by atoms with E-state index in [0.717, 1.165) is 17.1 Å². The summed E-state index contributed by atoms with van der Waals surface area (Å²) < 4.78 is 0. The first kappa shape index (κ1) is 35.9. The fourth-order valence-corrected chi connectivity index (χ4v) is 10.4. The van der Waals surface area contributed by atoms with Gasteiger partial charge >= 0.3 is 0 Å². The highest BCUT2D eigenvalue weighted by Crippen LogP contribution is 2.63. The minimum absolute atomic E-state index is 0.406. The molecule has 290 valence electrons. The summed E-state index contributed by atoms with van der Waals surface area (Å²) >= 11 is 0. The Morgan fingerprint density at radius 2 is 0.565 bits per heavy atom. The first-order valence-corrected chi connectivity index (χ1v) is 21.5. The molecular weight excluding hydrogens is 747 g/mol. The van der Waals surface area contributed by atoms with Crippen molar-refractivity contribution in [1.82, 2.24) is 0 Å². The van der Waals surface area contributed by atoms with Gasteiger partial charge in [-0.05, 0) is 131 Å². The molecule has 0 atom stereocenters. The van der Waals surface area contributed by atoms with Crippen molar-refractivity contribution in [3.63, 3.8) is 0 Å². The second kappa shape index (κ2) is 14.6. The van der Waals surface area contributed by atoms with Crippen molar-refractivity contribution in [2.75, 3.05) is 4.90 Å². The van der Waals surface area contributed by atoms with E-state index in [1.807, 2.05) is 0 Å². The van der Waals surface area contributed by atoms with Gasteiger partial charge in [-0.1, -0.05) is 206 Å². The van der Waals surface area contributed by atoms with Crippen LogP contribution >= 0.6 is 0 Å². The third-order valence-electron chi connectivity index (χ3n) is 13.1. The molecule has 10 aromatic rings. The summed E-state index contributed by atoms with van der Waals surface area (Å²) in [6, 6.07) is 91.4. The summed E-state index contributed by atoms with van der Waals surface area (Å²) in [6.07, 6.45) is 0. The lowest BCUT2D eigenvalue weighted by Crippen LogP contribution is -2.25. The molecule has 0 saturated carbocycles. The zero-order chi connectivity index (χ0) is 41.0. The molecule has 0 amide bonds. The van der Waals surface area contributed by atoms with Gasteiger partial charge in [0.15, 0.2) is 0 Å². The molecule has 0 heterocycles. The van der Waals surface area contributed by atoms with E-state index in [0.29, 0.717) is 0 Å². The van der Waals surface area contributed by atoms with Crippen LogP contribution in [0.15, 0.2) is 249 Å². The van der Waals surface area contributed by atoms with Crippen LogP contribution in [0.3, 0.4) is 0 Å². The van der Waals surface area contributed by atoms with Crippen molar-refractivity contribution >= 4 is 17.1 Å². The molecule has 0 unspecified atom stereocenters. The topological polar surface area (TPSA) is 3.24 Å². The Balaban J connectivity index is 1.04. The SMILES string of the molecule is c1ccc(-c2ccc(N(c3ccc(-c4ccccc4)cc3)c3ccc(-c4ccc5c(c4)C4(c6ccccc6-c6ccccc64)c4ccccc4-5)c(-c4ccccc4)c3)cc2)cc1. The van der Waals surface area contributed by atoms with Gasteiger partial charge in [0.05, 0.1) is 5.41 Å². The van der Waals surface area contributed by atoms with Crippen molar-refractivity contribution in [2.24, 2.45) is 0 Å². The lowest BCUT2D eigenvalue weighted by molar-refractivity contribution is 0.794. The molecule has 0 fully saturated rings. The number of hydrogen-bond donors (Lipinski definition) is 0. The summed E-state index contributed by atoms with van der Waals surface area (Å²) in [4.78, 5) is 2.39. The van der Waals surface area contributed by atoms with Gasteiger partial charge in [0.1, 0.15) is 0 Å². The summed E-state index contributed by atoms with van der Waals surface area (Å²) in [5, 5.41) is 0. The van der Waals surface area contributed by atoms with Crippen molar-refractivity contribution in [2.45, 2.75) is 5.41 Å². The molecule has 0 saturated heterocycles. The normalized spacial score (nSPS) is 12.6. The van der Waals surface area contributed by atoms with Crippen LogP contribution in [0.4, 0.5) is 17.1 Å². The third-order valence-corrected chi connectivity index (χ3v) is 13.1. The zero-order valence-electron chi connectivity index (χ0n) is 34.1. The quantitative estimate of drug-likeness (QED) is 0.155. The molecule has 0 N–H and O–H groups in total. The number of benzene rings is 10. The van der Waals surface area contributed by atoms with Crippen LogP contribution in [-0.2, 0) is 5.41 Å². The predicted molar refractivity (Wildman–Crippen MR) is 259 cm³/mol. The zero-order valence-corrected chi connectivity index (χ0v) is 34.1. The Bertz CT molecular complexity index is 3110. The minimum atomic E-state index is -0.406. The van der Waals surface area contributed by atoms with E-state index in [9.17, 15) is 0 Å². The van der Waals surface area contributed by atoms with Gasteiger partial charge in [-0.3, -0.25) is 0 Å². The van der Waals surface area contributed by atoms with Gasteiger partial charge in [0, 0.05) is 17.1 Å². The third kappa shape index (κ3) is 5.63. The molecule has 0 radical (unpaired) electrons. The van der Waals surface area contributed by atoms with Gasteiger partial charge in [0.25, 0.3) is 0 Å². The van der Waals surface area contributed by atoms with E-state index in [2.05, 4.69) is 254 Å². The Kier molecular flexibility index (Phi) is 8.47. The lowest BCUT2D eigenvalue weighted by atomic mass is 9.70. The molecule has 0 aliphatic heterocycles. The molecule has 1 nitrogen and oxygen atoms in total. The largest absolute Gasteiger partial charge is 0.310 e. The molecule has 2 aliphatic rings. The first-order valence-electron chi connectivity index (χ1n) is 21.5. The van der Waals surface area contributed by atoms with Crippen molar-refractivity contribution in [3.05, 3.63) is 271 Å². The number of anilines is 3. The van der Waals surface area contributed by atoms with E-state index in [1.54, 1.807) is 0 Å². The molecule has 0 aromatic heterocycles. The molecule has 1 heteroatoms. The van der Waals surface area contributed by atoms with Crippen LogP contribution in [0.1, 0.15) is 22.3 Å². The van der Waals surface area contributed by atoms with Crippen LogP contribution in [0.5, 0.6) is 0 Å². The molecule has 1 spiro atoms. The van der Waals surface area contributed by atoms with E-state index in [4.69, 9.17) is 0 Å². The van der Waals surface area contributed by atoms with Crippen LogP contribution in [0, 0.1) is 0 Å². The van der Waals surface area contributed by atoms with Crippen LogP contribution in [0.2, 0.25) is 0 Å². The molecule has 0 bridgehead atoms. The second-order valence-electron chi connectivity index (χ2n) is 16.4. The first-order chi connectivity index (χ1) is 30.8. The Morgan fingerprint density at radius 1 is 0.210 bits per heavy atom. The van der Waals surface area contributed by atoms with Gasteiger partial charge in [-0.2, -0.15) is 0 Å². The van der Waals surface area contributed by atoms with Gasteiger partial charge in [0.2, 0.25) is 0 Å². The highest BCUT2D eigenvalue weighted by atomic mass is 15.1. The maximum atomic E-state index is 2.50. The summed E-state index contributed by atoms with van der Waals surface area (Å²) in [7, 11) is 0. The van der Waals surface area contributed by atoms with Gasteiger partial charge in [-0.25, -0.2) is 0 Å². The maximum absolute atomic E-state index is 2.50. The van der Waals surface area contributed by atoms with Gasteiger partial charge < -0.3 is 4.90 Å². The van der Waals surface area contributed by atoms with Crippen molar-refractivity contribution in [3.8, 4) is 66.8 Å². The smallest absolute Gasteiger partial charge is 0.0725 e. The number of fused-ring (bicyclic) bond motifs is 10. The average Bonchev–Trinajstić information content (AvgIpc) is 3.82. The average molecular weight is 788 g/mol. The number of rotatable bonds is 7. The van der Waals surface area contributed by atoms with E-state index in [1.165, 1.54) is 89.0 Å². The predicted octanol–water partition coefficient (Wildman–Crippen LogP) is 16.2. The fraction of sp³-hybridized carbons (Fsp3) is 0.0164. The monoisotopic (exact) mass is 787 g/mol. The van der Waals surface area contributed by atoms with E-state index < -0.39 is 5.41 Å². The standard InChI is InChI=1S/C61H41N/c1-4-16-42(17-5-1)44-28-33-48(34-29-44)62(49-35-30-45(31-36-49)43-18-6-2-7-19-43)50-37-39-51(56(41-50)46-20-8-3-9-21-46)47-32-38-55-54-24-12-15-27-59(54)61(60(55)40-47)57-25-13-10-22-52(57)53-23-11-14-26-58(53)61/h1-41H. The number of hydrogen-bond acceptors (Lipinski definition) is 1. The minimum Gasteiger partial charge on any atom is -0.310 e. The summed E-state index contributed by atoms with van der Waals surface area (Å²) in [5.41, 5.74) is 23.1. The molecule has 12 rings (SSSR count). The summed E-state index contributed by atoms with van der Waals surface area (Å²) in [6.45, 7) is 0.